The van der Waals surface area contributed by atoms with Crippen LogP contribution in [0.15, 0.2) is 0 Å². The van der Waals surface area contributed by atoms with Crippen LogP contribution in [0.5, 0.6) is 0 Å². The van der Waals surface area contributed by atoms with Crippen molar-refractivity contribution in [2.45, 2.75) is 33.6 Å². The number of anilines is 2. The quantitative estimate of drug-likeness (QED) is 0.754. The Kier molecular flexibility index (Phi) is 6.56. The summed E-state index contributed by atoms with van der Waals surface area (Å²) in [4.78, 5) is 11.4. The van der Waals surface area contributed by atoms with Gasteiger partial charge in [0.1, 0.15) is 17.5 Å². The molecular weight excluding hydrogens is 238 g/mol. The molecule has 0 atom stereocenters. The number of nitrogens with one attached hydrogen (secondary N) is 2. The van der Waals surface area contributed by atoms with Crippen LogP contribution >= 0.6 is 0 Å². The smallest absolute Gasteiger partial charge is 0.134 e. The Balaban J connectivity index is 2.86. The summed E-state index contributed by atoms with van der Waals surface area (Å²) in [6, 6.07) is 0. The molecule has 5 nitrogen and oxygen atoms in total. The fourth-order valence-corrected chi connectivity index (χ4v) is 1.81. The molecule has 0 fully saturated rings. The van der Waals surface area contributed by atoms with Gasteiger partial charge in [-0.3, -0.25) is 0 Å². The molecule has 0 bridgehead atoms. The lowest BCUT2D eigenvalue weighted by Crippen LogP contribution is -2.22. The van der Waals surface area contributed by atoms with Crippen molar-refractivity contribution < 1.29 is 0 Å². The highest BCUT2D eigenvalue weighted by Gasteiger charge is 2.09. The predicted octanol–water partition coefficient (Wildman–Crippen LogP) is 2.14. The van der Waals surface area contributed by atoms with E-state index in [9.17, 15) is 0 Å². The molecule has 0 aliphatic rings. The van der Waals surface area contributed by atoms with Gasteiger partial charge in [0.25, 0.3) is 0 Å². The number of hydrogen-bond donors (Lipinski definition) is 2. The van der Waals surface area contributed by atoms with Gasteiger partial charge in [0.05, 0.1) is 0 Å². The summed E-state index contributed by atoms with van der Waals surface area (Å²) in [6.07, 6.45) is 1.98. The average Bonchev–Trinajstić information content (AvgIpc) is 2.34. The lowest BCUT2D eigenvalue weighted by atomic mass is 10.2. The Bertz CT molecular complexity index is 390. The highest BCUT2D eigenvalue weighted by atomic mass is 15.1. The maximum Gasteiger partial charge on any atom is 0.134 e. The molecule has 0 saturated heterocycles. The maximum absolute atomic E-state index is 4.62. The van der Waals surface area contributed by atoms with E-state index in [1.165, 1.54) is 0 Å². The molecule has 0 aliphatic carbocycles. The van der Waals surface area contributed by atoms with E-state index < -0.39 is 0 Å². The first-order valence-corrected chi connectivity index (χ1v) is 7.08. The molecule has 108 valence electrons. The Morgan fingerprint density at radius 1 is 1.05 bits per heavy atom. The van der Waals surface area contributed by atoms with Crippen LogP contribution in [0, 0.1) is 6.92 Å². The zero-order valence-electron chi connectivity index (χ0n) is 12.9. The second-order valence-electron chi connectivity index (χ2n) is 4.97. The van der Waals surface area contributed by atoms with Gasteiger partial charge in [0.15, 0.2) is 0 Å². The molecule has 0 saturated carbocycles. The molecule has 0 spiro atoms. The molecule has 5 heteroatoms. The van der Waals surface area contributed by atoms with Gasteiger partial charge in [-0.05, 0) is 34.4 Å². The monoisotopic (exact) mass is 265 g/mol. The fourth-order valence-electron chi connectivity index (χ4n) is 1.81. The van der Waals surface area contributed by atoms with Crippen molar-refractivity contribution >= 4 is 11.6 Å². The van der Waals surface area contributed by atoms with Crippen molar-refractivity contribution in [2.24, 2.45) is 0 Å². The van der Waals surface area contributed by atoms with Crippen LogP contribution in [-0.4, -0.2) is 48.6 Å². The van der Waals surface area contributed by atoms with Gasteiger partial charge in [-0.1, -0.05) is 6.92 Å². The molecule has 19 heavy (non-hydrogen) atoms. The molecule has 1 heterocycles. The first kappa shape index (κ1) is 15.7. The molecule has 2 N–H and O–H groups in total. The van der Waals surface area contributed by atoms with Crippen molar-refractivity contribution in [1.82, 2.24) is 14.9 Å². The van der Waals surface area contributed by atoms with Crippen molar-refractivity contribution in [3.05, 3.63) is 11.4 Å². The van der Waals surface area contributed by atoms with Crippen molar-refractivity contribution in [3.63, 3.8) is 0 Å². The minimum absolute atomic E-state index is 0.876. The van der Waals surface area contributed by atoms with Crippen LogP contribution in [-0.2, 0) is 6.42 Å². The van der Waals surface area contributed by atoms with E-state index in [1.54, 1.807) is 0 Å². The van der Waals surface area contributed by atoms with Crippen LogP contribution in [0.4, 0.5) is 11.6 Å². The second-order valence-corrected chi connectivity index (χ2v) is 4.97. The van der Waals surface area contributed by atoms with Gasteiger partial charge < -0.3 is 15.5 Å². The third-order valence-corrected chi connectivity index (χ3v) is 2.86. The van der Waals surface area contributed by atoms with Crippen LogP contribution in [0.2, 0.25) is 0 Å². The summed E-state index contributed by atoms with van der Waals surface area (Å²) < 4.78 is 0. The summed E-state index contributed by atoms with van der Waals surface area (Å²) in [5.41, 5.74) is 1.10. The van der Waals surface area contributed by atoms with Gasteiger partial charge in [-0.2, -0.15) is 0 Å². The summed E-state index contributed by atoms with van der Waals surface area (Å²) in [5.74, 6) is 2.82. The third-order valence-electron chi connectivity index (χ3n) is 2.86. The van der Waals surface area contributed by atoms with Gasteiger partial charge in [0.2, 0.25) is 0 Å². The summed E-state index contributed by atoms with van der Waals surface area (Å²) >= 11 is 0. The number of likely N-dealkylation sites (N-methyl/N-ethyl adjacent to an activating group) is 1. The van der Waals surface area contributed by atoms with Crippen LogP contribution in [0.25, 0.3) is 0 Å². The standard InChI is InChI=1S/C14H27N5/c1-6-8-12-17-13(15-7-2)11(3)14(18-12)16-9-10-19(4)5/h6-10H2,1-5H3,(H2,15,16,17,18). The Morgan fingerprint density at radius 2 is 1.68 bits per heavy atom. The van der Waals surface area contributed by atoms with Crippen LogP contribution < -0.4 is 10.6 Å². The Morgan fingerprint density at radius 3 is 2.21 bits per heavy atom. The van der Waals surface area contributed by atoms with Crippen molar-refractivity contribution in [1.29, 1.82) is 0 Å². The van der Waals surface area contributed by atoms with E-state index in [2.05, 4.69) is 60.4 Å². The SMILES string of the molecule is CCCc1nc(NCC)c(C)c(NCCN(C)C)n1. The number of hydrogen-bond acceptors (Lipinski definition) is 5. The third kappa shape index (κ3) is 5.03. The maximum atomic E-state index is 4.62. The lowest BCUT2D eigenvalue weighted by Gasteiger charge is -2.16. The number of rotatable bonds is 8. The molecular formula is C14H27N5. The first-order valence-electron chi connectivity index (χ1n) is 7.08. The summed E-state index contributed by atoms with van der Waals surface area (Å²) in [5, 5.41) is 6.72. The summed E-state index contributed by atoms with van der Waals surface area (Å²) in [6.45, 7) is 9.05. The number of aromatic nitrogens is 2. The van der Waals surface area contributed by atoms with E-state index in [4.69, 9.17) is 0 Å². The van der Waals surface area contributed by atoms with Gasteiger partial charge in [0, 0.05) is 31.6 Å². The molecule has 1 aromatic rings. The topological polar surface area (TPSA) is 53.1 Å². The van der Waals surface area contributed by atoms with Crippen LogP contribution in [0.3, 0.4) is 0 Å². The molecule has 0 amide bonds. The molecule has 0 unspecified atom stereocenters. The van der Waals surface area contributed by atoms with E-state index in [0.29, 0.717) is 0 Å². The second kappa shape index (κ2) is 7.94. The fraction of sp³-hybridized carbons (Fsp3) is 0.714. The number of nitrogens with zero attached hydrogens (tertiary/aromatic N) is 3. The van der Waals surface area contributed by atoms with Crippen molar-refractivity contribution in [3.8, 4) is 0 Å². The minimum Gasteiger partial charge on any atom is -0.370 e. The van der Waals surface area contributed by atoms with E-state index in [-0.39, 0.29) is 0 Å². The first-order chi connectivity index (χ1) is 9.08. The Hall–Kier alpha value is -1.36. The summed E-state index contributed by atoms with van der Waals surface area (Å²) in [7, 11) is 4.14. The Labute approximate surface area is 116 Å². The minimum atomic E-state index is 0.876. The van der Waals surface area contributed by atoms with Gasteiger partial charge in [-0.15, -0.1) is 0 Å². The van der Waals surface area contributed by atoms with E-state index in [0.717, 1.165) is 55.5 Å². The molecule has 1 aromatic heterocycles. The normalized spacial score (nSPS) is 10.8. The highest BCUT2D eigenvalue weighted by molar-refractivity contribution is 5.57. The van der Waals surface area contributed by atoms with Crippen molar-refractivity contribution in [2.75, 3.05) is 44.4 Å². The largest absolute Gasteiger partial charge is 0.370 e. The predicted molar refractivity (Wildman–Crippen MR) is 82.0 cm³/mol. The van der Waals surface area contributed by atoms with Gasteiger partial charge >= 0.3 is 0 Å². The highest BCUT2D eigenvalue weighted by Crippen LogP contribution is 2.20. The zero-order chi connectivity index (χ0) is 14.3. The molecule has 0 aromatic carbocycles. The molecule has 0 radical (unpaired) electrons. The van der Waals surface area contributed by atoms with E-state index >= 15 is 0 Å². The van der Waals surface area contributed by atoms with E-state index in [1.807, 2.05) is 0 Å². The number of aryl methyl sites for hydroxylation is 1. The zero-order valence-corrected chi connectivity index (χ0v) is 12.9. The van der Waals surface area contributed by atoms with Gasteiger partial charge in [-0.25, -0.2) is 9.97 Å². The molecule has 1 rings (SSSR count). The molecule has 0 aliphatic heterocycles. The lowest BCUT2D eigenvalue weighted by molar-refractivity contribution is 0.425. The van der Waals surface area contributed by atoms with Crippen LogP contribution in [0.1, 0.15) is 31.7 Å². The average molecular weight is 265 g/mol.